The van der Waals surface area contributed by atoms with Gasteiger partial charge in [-0.3, -0.25) is 0 Å². The van der Waals surface area contributed by atoms with Crippen molar-refractivity contribution in [1.82, 2.24) is 0 Å². The van der Waals surface area contributed by atoms with Gasteiger partial charge in [0, 0.05) is 29.2 Å². The van der Waals surface area contributed by atoms with E-state index >= 15 is 0 Å². The third-order valence-corrected chi connectivity index (χ3v) is 4.66. The molecule has 1 aromatic rings. The van der Waals surface area contributed by atoms with Crippen LogP contribution in [-0.4, -0.2) is 24.3 Å². The molecule has 1 atom stereocenters. The van der Waals surface area contributed by atoms with Crippen LogP contribution in [0.2, 0.25) is 0 Å². The average molecular weight is 280 g/mol. The third-order valence-electron chi connectivity index (χ3n) is 3.67. The monoisotopic (exact) mass is 280 g/mol. The molecule has 1 aliphatic rings. The van der Waals surface area contributed by atoms with Gasteiger partial charge in [-0.2, -0.15) is 0 Å². The van der Waals surface area contributed by atoms with Crippen LogP contribution in [0.15, 0.2) is 23.1 Å². The van der Waals surface area contributed by atoms with Crippen molar-refractivity contribution < 1.29 is 0 Å². The van der Waals surface area contributed by atoms with Crippen molar-refractivity contribution in [3.05, 3.63) is 23.8 Å². The van der Waals surface area contributed by atoms with Gasteiger partial charge in [-0.15, -0.1) is 11.8 Å². The SMILES string of the molecule is CCC1CCN(c2cccc(SC)c2C(N)=S)C1. The fourth-order valence-corrected chi connectivity index (χ4v) is 3.50. The van der Waals surface area contributed by atoms with E-state index in [4.69, 9.17) is 18.0 Å². The van der Waals surface area contributed by atoms with Gasteiger partial charge in [-0.05, 0) is 30.7 Å². The lowest BCUT2D eigenvalue weighted by Crippen LogP contribution is -2.24. The van der Waals surface area contributed by atoms with Crippen LogP contribution in [0.4, 0.5) is 5.69 Å². The molecule has 0 spiro atoms. The molecule has 2 N–H and O–H groups in total. The fraction of sp³-hybridized carbons (Fsp3) is 0.500. The normalized spacial score (nSPS) is 19.2. The van der Waals surface area contributed by atoms with Gasteiger partial charge in [-0.1, -0.05) is 31.6 Å². The standard InChI is InChI=1S/C14H20N2S2/c1-3-10-7-8-16(9-10)11-5-4-6-12(18-2)13(11)14(15)17/h4-6,10H,3,7-9H2,1-2H3,(H2,15,17). The Kier molecular flexibility index (Phi) is 4.51. The molecule has 0 bridgehead atoms. The lowest BCUT2D eigenvalue weighted by molar-refractivity contribution is 0.569. The van der Waals surface area contributed by atoms with E-state index in [0.29, 0.717) is 4.99 Å². The van der Waals surface area contributed by atoms with Gasteiger partial charge in [0.25, 0.3) is 0 Å². The maximum Gasteiger partial charge on any atom is 0.107 e. The predicted molar refractivity (Wildman–Crippen MR) is 84.7 cm³/mol. The van der Waals surface area contributed by atoms with Gasteiger partial charge >= 0.3 is 0 Å². The second kappa shape index (κ2) is 5.93. The van der Waals surface area contributed by atoms with E-state index in [9.17, 15) is 0 Å². The van der Waals surface area contributed by atoms with E-state index in [1.807, 2.05) is 0 Å². The zero-order valence-electron chi connectivity index (χ0n) is 11.0. The minimum Gasteiger partial charge on any atom is -0.389 e. The number of hydrogen-bond donors (Lipinski definition) is 1. The van der Waals surface area contributed by atoms with Gasteiger partial charge in [-0.25, -0.2) is 0 Å². The van der Waals surface area contributed by atoms with Crippen LogP contribution in [0, 0.1) is 5.92 Å². The van der Waals surface area contributed by atoms with E-state index in [1.165, 1.54) is 23.4 Å². The summed E-state index contributed by atoms with van der Waals surface area (Å²) in [6.45, 7) is 4.51. The molecule has 0 aliphatic carbocycles. The molecule has 0 radical (unpaired) electrons. The largest absolute Gasteiger partial charge is 0.389 e. The Morgan fingerprint density at radius 3 is 2.89 bits per heavy atom. The summed E-state index contributed by atoms with van der Waals surface area (Å²) in [5.41, 5.74) is 8.18. The number of thioether (sulfide) groups is 1. The lowest BCUT2D eigenvalue weighted by Gasteiger charge is -2.23. The van der Waals surface area contributed by atoms with Crippen LogP contribution >= 0.6 is 24.0 Å². The van der Waals surface area contributed by atoms with Crippen molar-refractivity contribution in [2.45, 2.75) is 24.7 Å². The summed E-state index contributed by atoms with van der Waals surface area (Å²) < 4.78 is 0. The molecule has 1 heterocycles. The predicted octanol–water partition coefficient (Wildman–Crippen LogP) is 3.28. The van der Waals surface area contributed by atoms with Gasteiger partial charge in [0.05, 0.1) is 0 Å². The average Bonchev–Trinajstić information content (AvgIpc) is 2.86. The Morgan fingerprint density at radius 1 is 1.56 bits per heavy atom. The van der Waals surface area contributed by atoms with Crippen LogP contribution in [0.5, 0.6) is 0 Å². The fourth-order valence-electron chi connectivity index (χ4n) is 2.59. The van der Waals surface area contributed by atoms with E-state index < -0.39 is 0 Å². The second-order valence-corrected chi connectivity index (χ2v) is 6.02. The molecule has 0 aromatic heterocycles. The zero-order valence-corrected chi connectivity index (χ0v) is 12.6. The summed E-state index contributed by atoms with van der Waals surface area (Å²) >= 11 is 6.94. The van der Waals surface area contributed by atoms with Crippen molar-refractivity contribution in [1.29, 1.82) is 0 Å². The molecule has 0 saturated carbocycles. The number of rotatable bonds is 4. The van der Waals surface area contributed by atoms with Gasteiger partial charge < -0.3 is 10.6 Å². The molecule has 18 heavy (non-hydrogen) atoms. The molecule has 0 amide bonds. The zero-order chi connectivity index (χ0) is 13.1. The van der Waals surface area contributed by atoms with Gasteiger partial charge in [0.2, 0.25) is 0 Å². The number of nitrogens with zero attached hydrogens (tertiary/aromatic N) is 1. The van der Waals surface area contributed by atoms with E-state index in [1.54, 1.807) is 11.8 Å². The number of nitrogens with two attached hydrogens (primary N) is 1. The summed E-state index contributed by atoms with van der Waals surface area (Å²) in [5.74, 6) is 0.808. The quantitative estimate of drug-likeness (QED) is 0.677. The molecule has 1 aromatic carbocycles. The first kappa shape index (κ1) is 13.7. The number of hydrogen-bond acceptors (Lipinski definition) is 3. The Hall–Kier alpha value is -0.740. The Bertz CT molecular complexity index is 445. The van der Waals surface area contributed by atoms with E-state index in [2.05, 4.69) is 36.3 Å². The second-order valence-electron chi connectivity index (χ2n) is 4.73. The summed E-state index contributed by atoms with van der Waals surface area (Å²) in [6, 6.07) is 6.34. The first-order valence-electron chi connectivity index (χ1n) is 6.39. The van der Waals surface area contributed by atoms with Crippen molar-refractivity contribution in [3.8, 4) is 0 Å². The molecule has 1 fully saturated rings. The highest BCUT2D eigenvalue weighted by molar-refractivity contribution is 7.98. The molecule has 2 nitrogen and oxygen atoms in total. The van der Waals surface area contributed by atoms with Crippen molar-refractivity contribution in [2.24, 2.45) is 11.7 Å². The summed E-state index contributed by atoms with van der Waals surface area (Å²) in [6.07, 6.45) is 4.59. The van der Waals surface area contributed by atoms with Crippen LogP contribution in [0.25, 0.3) is 0 Å². The molecule has 1 saturated heterocycles. The third kappa shape index (κ3) is 2.64. The molecule has 2 rings (SSSR count). The van der Waals surface area contributed by atoms with Crippen molar-refractivity contribution in [3.63, 3.8) is 0 Å². The van der Waals surface area contributed by atoms with Crippen molar-refractivity contribution in [2.75, 3.05) is 24.2 Å². The number of benzene rings is 1. The minimum absolute atomic E-state index is 0.509. The molecular weight excluding hydrogens is 260 g/mol. The molecule has 1 unspecified atom stereocenters. The maximum atomic E-state index is 5.92. The van der Waals surface area contributed by atoms with Crippen LogP contribution in [-0.2, 0) is 0 Å². The smallest absolute Gasteiger partial charge is 0.107 e. The molecule has 4 heteroatoms. The Balaban J connectivity index is 2.36. The van der Waals surface area contributed by atoms with Gasteiger partial charge in [0.15, 0.2) is 0 Å². The first-order chi connectivity index (χ1) is 8.67. The summed E-state index contributed by atoms with van der Waals surface area (Å²) in [4.78, 5) is 4.12. The lowest BCUT2D eigenvalue weighted by atomic mass is 10.1. The van der Waals surface area contributed by atoms with Gasteiger partial charge in [0.1, 0.15) is 4.99 Å². The molecular formula is C14H20N2S2. The topological polar surface area (TPSA) is 29.3 Å². The van der Waals surface area contributed by atoms with E-state index in [0.717, 1.165) is 24.6 Å². The van der Waals surface area contributed by atoms with E-state index in [-0.39, 0.29) is 0 Å². The van der Waals surface area contributed by atoms with Crippen LogP contribution < -0.4 is 10.6 Å². The van der Waals surface area contributed by atoms with Crippen molar-refractivity contribution >= 4 is 34.7 Å². The van der Waals surface area contributed by atoms with Crippen LogP contribution in [0.1, 0.15) is 25.3 Å². The number of anilines is 1. The first-order valence-corrected chi connectivity index (χ1v) is 8.02. The number of thiocarbonyl (C=S) groups is 1. The summed E-state index contributed by atoms with van der Waals surface area (Å²) in [5, 5.41) is 0. The highest BCUT2D eigenvalue weighted by atomic mass is 32.2. The highest BCUT2D eigenvalue weighted by Crippen LogP contribution is 2.33. The molecule has 98 valence electrons. The minimum atomic E-state index is 0.509. The highest BCUT2D eigenvalue weighted by Gasteiger charge is 2.24. The Morgan fingerprint density at radius 2 is 2.33 bits per heavy atom. The maximum absolute atomic E-state index is 5.92. The summed E-state index contributed by atoms with van der Waals surface area (Å²) in [7, 11) is 0. The Labute approximate surface area is 119 Å². The molecule has 1 aliphatic heterocycles. The van der Waals surface area contributed by atoms with Crippen LogP contribution in [0.3, 0.4) is 0 Å².